The highest BCUT2D eigenvalue weighted by molar-refractivity contribution is 5.75. The summed E-state index contributed by atoms with van der Waals surface area (Å²) in [6.07, 6.45) is 3.04. The van der Waals surface area contributed by atoms with E-state index in [0.29, 0.717) is 25.4 Å². The molecule has 0 aliphatic heterocycles. The minimum atomic E-state index is -0.729. The lowest BCUT2D eigenvalue weighted by Crippen LogP contribution is -2.31. The van der Waals surface area contributed by atoms with Crippen molar-refractivity contribution in [2.45, 2.75) is 45.6 Å². The summed E-state index contributed by atoms with van der Waals surface area (Å²) >= 11 is 0. The fourth-order valence-corrected chi connectivity index (χ4v) is 1.60. The molecule has 18 heavy (non-hydrogen) atoms. The van der Waals surface area contributed by atoms with Crippen molar-refractivity contribution >= 4 is 11.9 Å². The second-order valence-corrected chi connectivity index (χ2v) is 5.06. The van der Waals surface area contributed by atoms with Crippen LogP contribution in [0.2, 0.25) is 0 Å². The van der Waals surface area contributed by atoms with Crippen molar-refractivity contribution in [3.05, 3.63) is 0 Å². The second-order valence-electron chi connectivity index (χ2n) is 5.06. The summed E-state index contributed by atoms with van der Waals surface area (Å²) < 4.78 is 0. The average Bonchev–Trinajstić information content (AvgIpc) is 2.28. The Kier molecular flexibility index (Phi) is 8.37. The van der Waals surface area contributed by atoms with E-state index in [1.54, 1.807) is 25.9 Å². The molecule has 0 aliphatic rings. The Hall–Kier alpha value is -1.10. The largest absolute Gasteiger partial charge is 0.481 e. The van der Waals surface area contributed by atoms with Crippen LogP contribution in [0.1, 0.15) is 39.5 Å². The van der Waals surface area contributed by atoms with Crippen LogP contribution in [-0.2, 0) is 9.59 Å². The summed E-state index contributed by atoms with van der Waals surface area (Å²) in [6, 6.07) is 0.320. The Labute approximate surface area is 110 Å². The van der Waals surface area contributed by atoms with Crippen LogP contribution in [0.25, 0.3) is 0 Å². The smallest absolute Gasteiger partial charge is 0.306 e. The molecule has 0 rings (SSSR count). The SMILES string of the molecule is CC(CCCC(C)C(=O)O)NCCC(=O)N(C)C. The maximum atomic E-state index is 11.3. The summed E-state index contributed by atoms with van der Waals surface area (Å²) in [4.78, 5) is 23.5. The predicted octanol–water partition coefficient (Wildman–Crippen LogP) is 1.33. The number of aliphatic carboxylic acids is 1. The van der Waals surface area contributed by atoms with Crippen LogP contribution in [0.5, 0.6) is 0 Å². The van der Waals surface area contributed by atoms with Crippen LogP contribution in [-0.4, -0.2) is 48.6 Å². The molecule has 2 unspecified atom stereocenters. The van der Waals surface area contributed by atoms with E-state index in [1.807, 2.05) is 0 Å². The monoisotopic (exact) mass is 258 g/mol. The van der Waals surface area contributed by atoms with E-state index in [2.05, 4.69) is 12.2 Å². The molecule has 5 heteroatoms. The van der Waals surface area contributed by atoms with Gasteiger partial charge in [-0.2, -0.15) is 0 Å². The van der Waals surface area contributed by atoms with E-state index < -0.39 is 5.97 Å². The number of hydrogen-bond acceptors (Lipinski definition) is 3. The molecule has 0 spiro atoms. The van der Waals surface area contributed by atoms with Crippen molar-refractivity contribution in [3.63, 3.8) is 0 Å². The standard InChI is InChI=1S/C13H26N2O3/c1-10(13(17)18)6-5-7-11(2)14-9-8-12(16)15(3)4/h10-11,14H,5-9H2,1-4H3,(H,17,18). The first-order chi connectivity index (χ1) is 8.34. The highest BCUT2D eigenvalue weighted by Crippen LogP contribution is 2.09. The number of amides is 1. The van der Waals surface area contributed by atoms with Crippen molar-refractivity contribution in [1.82, 2.24) is 10.2 Å². The molecule has 1 amide bonds. The molecule has 0 aromatic carbocycles. The molecule has 0 fully saturated rings. The highest BCUT2D eigenvalue weighted by Gasteiger charge is 2.11. The lowest BCUT2D eigenvalue weighted by molar-refractivity contribution is -0.141. The Bertz CT molecular complexity index is 267. The zero-order valence-corrected chi connectivity index (χ0v) is 11.9. The van der Waals surface area contributed by atoms with Crippen LogP contribution >= 0.6 is 0 Å². The van der Waals surface area contributed by atoms with Crippen molar-refractivity contribution < 1.29 is 14.7 Å². The van der Waals surface area contributed by atoms with Gasteiger partial charge in [0.2, 0.25) is 5.91 Å². The van der Waals surface area contributed by atoms with Gasteiger partial charge >= 0.3 is 5.97 Å². The van der Waals surface area contributed by atoms with Crippen molar-refractivity contribution in [1.29, 1.82) is 0 Å². The quantitative estimate of drug-likeness (QED) is 0.654. The van der Waals surface area contributed by atoms with Crippen LogP contribution in [0.4, 0.5) is 0 Å². The summed E-state index contributed by atoms with van der Waals surface area (Å²) in [6.45, 7) is 4.47. The zero-order chi connectivity index (χ0) is 14.1. The van der Waals surface area contributed by atoms with Crippen molar-refractivity contribution in [2.75, 3.05) is 20.6 Å². The Morgan fingerprint density at radius 1 is 1.22 bits per heavy atom. The first kappa shape index (κ1) is 16.9. The molecule has 0 aromatic heterocycles. The first-order valence-corrected chi connectivity index (χ1v) is 6.51. The number of hydrogen-bond donors (Lipinski definition) is 2. The fourth-order valence-electron chi connectivity index (χ4n) is 1.60. The molecule has 0 bridgehead atoms. The van der Waals surface area contributed by atoms with E-state index in [1.165, 1.54) is 0 Å². The second kappa shape index (κ2) is 8.91. The first-order valence-electron chi connectivity index (χ1n) is 6.51. The lowest BCUT2D eigenvalue weighted by Gasteiger charge is -2.15. The third-order valence-electron chi connectivity index (χ3n) is 3.03. The number of carbonyl (C=O) groups is 2. The maximum absolute atomic E-state index is 11.3. The van der Waals surface area contributed by atoms with Crippen molar-refractivity contribution in [2.24, 2.45) is 5.92 Å². The molecule has 0 aromatic rings. The van der Waals surface area contributed by atoms with Gasteiger partial charge in [-0.3, -0.25) is 9.59 Å². The molecule has 5 nitrogen and oxygen atoms in total. The normalized spacial score (nSPS) is 14.0. The van der Waals surface area contributed by atoms with E-state index in [-0.39, 0.29) is 11.8 Å². The minimum absolute atomic E-state index is 0.120. The van der Waals surface area contributed by atoms with Gasteiger partial charge in [0.1, 0.15) is 0 Å². The summed E-state index contributed by atoms with van der Waals surface area (Å²) in [5.74, 6) is -0.881. The van der Waals surface area contributed by atoms with Crippen LogP contribution in [0.3, 0.4) is 0 Å². The van der Waals surface area contributed by atoms with Crippen LogP contribution in [0, 0.1) is 5.92 Å². The van der Waals surface area contributed by atoms with Gasteiger partial charge in [-0.05, 0) is 19.8 Å². The molecule has 2 N–H and O–H groups in total. The van der Waals surface area contributed by atoms with E-state index in [9.17, 15) is 9.59 Å². The molecule has 0 aliphatic carbocycles. The Balaban J connectivity index is 3.57. The van der Waals surface area contributed by atoms with Crippen LogP contribution < -0.4 is 5.32 Å². The van der Waals surface area contributed by atoms with Crippen molar-refractivity contribution in [3.8, 4) is 0 Å². The number of nitrogens with one attached hydrogen (secondary N) is 1. The minimum Gasteiger partial charge on any atom is -0.481 e. The molecular weight excluding hydrogens is 232 g/mol. The van der Waals surface area contributed by atoms with Crippen LogP contribution in [0.15, 0.2) is 0 Å². The topological polar surface area (TPSA) is 69.6 Å². The van der Waals surface area contributed by atoms with Gasteiger partial charge in [-0.1, -0.05) is 13.3 Å². The molecule has 106 valence electrons. The van der Waals surface area contributed by atoms with E-state index >= 15 is 0 Å². The number of rotatable bonds is 9. The third-order valence-corrected chi connectivity index (χ3v) is 3.03. The maximum Gasteiger partial charge on any atom is 0.306 e. The number of carboxylic acid groups (broad SMARTS) is 1. The van der Waals surface area contributed by atoms with Gasteiger partial charge in [0.15, 0.2) is 0 Å². The number of carbonyl (C=O) groups excluding carboxylic acids is 1. The van der Waals surface area contributed by atoms with Gasteiger partial charge in [0.25, 0.3) is 0 Å². The molecule has 2 atom stereocenters. The summed E-state index contributed by atoms with van der Waals surface area (Å²) in [5, 5.41) is 12.0. The predicted molar refractivity (Wildman–Crippen MR) is 71.4 cm³/mol. The Morgan fingerprint density at radius 2 is 1.83 bits per heavy atom. The molecule has 0 saturated heterocycles. The van der Waals surface area contributed by atoms with Gasteiger partial charge in [-0.25, -0.2) is 0 Å². The molecular formula is C13H26N2O3. The average molecular weight is 258 g/mol. The Morgan fingerprint density at radius 3 is 2.33 bits per heavy atom. The van der Waals surface area contributed by atoms with E-state index in [4.69, 9.17) is 5.11 Å². The zero-order valence-electron chi connectivity index (χ0n) is 11.9. The van der Waals surface area contributed by atoms with Gasteiger partial charge in [0, 0.05) is 33.1 Å². The van der Waals surface area contributed by atoms with Gasteiger partial charge in [0.05, 0.1) is 5.92 Å². The number of nitrogens with zero attached hydrogens (tertiary/aromatic N) is 1. The molecule has 0 saturated carbocycles. The number of carboxylic acids is 1. The lowest BCUT2D eigenvalue weighted by atomic mass is 10.0. The van der Waals surface area contributed by atoms with Gasteiger partial charge in [-0.15, -0.1) is 0 Å². The fraction of sp³-hybridized carbons (Fsp3) is 0.846. The van der Waals surface area contributed by atoms with E-state index in [0.717, 1.165) is 12.8 Å². The molecule has 0 heterocycles. The summed E-state index contributed by atoms with van der Waals surface area (Å²) in [7, 11) is 3.50. The molecule has 0 radical (unpaired) electrons. The highest BCUT2D eigenvalue weighted by atomic mass is 16.4. The summed E-state index contributed by atoms with van der Waals surface area (Å²) in [5.41, 5.74) is 0. The van der Waals surface area contributed by atoms with Gasteiger partial charge < -0.3 is 15.3 Å². The third kappa shape index (κ3) is 8.06.